The van der Waals surface area contributed by atoms with Gasteiger partial charge in [0.25, 0.3) is 6.43 Å². The molecule has 0 heterocycles. The van der Waals surface area contributed by atoms with E-state index < -0.39 is 12.5 Å². The van der Waals surface area contributed by atoms with Gasteiger partial charge in [0.1, 0.15) is 12.4 Å². The van der Waals surface area contributed by atoms with Crippen LogP contribution in [0.3, 0.4) is 0 Å². The predicted octanol–water partition coefficient (Wildman–Crippen LogP) is 5.80. The van der Waals surface area contributed by atoms with Gasteiger partial charge in [-0.15, -0.1) is 0 Å². The number of ether oxygens (including phenoxy) is 2. The highest BCUT2D eigenvalue weighted by Gasteiger charge is 2.23. The monoisotopic (exact) mass is 443 g/mol. The van der Waals surface area contributed by atoms with Gasteiger partial charge in [0, 0.05) is 11.1 Å². The average molecular weight is 444 g/mol. The van der Waals surface area contributed by atoms with Gasteiger partial charge in [0.15, 0.2) is 0 Å². The molecule has 2 rings (SSSR count). The number of benzene rings is 2. The van der Waals surface area contributed by atoms with Crippen LogP contribution in [0.1, 0.15) is 35.6 Å². The Kier molecular flexibility index (Phi) is 7.15. The van der Waals surface area contributed by atoms with Gasteiger partial charge in [0.05, 0.1) is 17.3 Å². The molecule has 0 aliphatic carbocycles. The molecule has 0 aliphatic rings. The molecule has 0 aromatic heterocycles. The highest BCUT2D eigenvalue weighted by atomic mass is 79.9. The second kappa shape index (κ2) is 9.14. The van der Waals surface area contributed by atoms with Crippen molar-refractivity contribution < 1.29 is 28.3 Å². The zero-order chi connectivity index (χ0) is 20.1. The zero-order valence-electron chi connectivity index (χ0n) is 15.1. The summed E-state index contributed by atoms with van der Waals surface area (Å²) in [7, 11) is 1.08. The molecule has 1 amide bonds. The second-order valence-electron chi connectivity index (χ2n) is 5.78. The van der Waals surface area contributed by atoms with E-state index in [1.54, 1.807) is 0 Å². The second-order valence-corrected chi connectivity index (χ2v) is 6.63. The van der Waals surface area contributed by atoms with E-state index in [1.807, 2.05) is 26.0 Å². The Labute approximate surface area is 164 Å². The van der Waals surface area contributed by atoms with Crippen molar-refractivity contribution in [3.63, 3.8) is 0 Å². The fourth-order valence-electron chi connectivity index (χ4n) is 2.67. The summed E-state index contributed by atoms with van der Waals surface area (Å²) in [5.41, 5.74) is 1.67. The molecule has 0 saturated heterocycles. The molecule has 0 fully saturated rings. The van der Waals surface area contributed by atoms with Crippen LogP contribution >= 0.6 is 15.9 Å². The maximum Gasteiger partial charge on any atom is 0.438 e. The third-order valence-electron chi connectivity index (χ3n) is 4.14. The largest absolute Gasteiger partial charge is 0.488 e. The van der Waals surface area contributed by atoms with Gasteiger partial charge < -0.3 is 9.47 Å². The summed E-state index contributed by atoms with van der Waals surface area (Å²) in [5.74, 6) is 0.474. The number of amides is 1. The first-order valence-corrected chi connectivity index (χ1v) is 8.98. The van der Waals surface area contributed by atoms with Crippen LogP contribution in [0.4, 0.5) is 19.3 Å². The highest BCUT2D eigenvalue weighted by molar-refractivity contribution is 9.10. The molecule has 27 heavy (non-hydrogen) atoms. The number of methoxy groups -OCH3 is 1. The first-order valence-electron chi connectivity index (χ1n) is 8.18. The lowest BCUT2D eigenvalue weighted by atomic mass is 10.1. The normalized spacial score (nSPS) is 10.8. The van der Waals surface area contributed by atoms with Crippen molar-refractivity contribution in [2.75, 3.05) is 12.2 Å². The summed E-state index contributed by atoms with van der Waals surface area (Å²) in [4.78, 5) is 11.6. The van der Waals surface area contributed by atoms with Crippen LogP contribution in [0.5, 0.6) is 5.75 Å². The van der Waals surface area contributed by atoms with Crippen LogP contribution in [0, 0.1) is 6.92 Å². The number of carbonyl (C=O) groups is 1. The number of hydroxylamine groups is 1. The van der Waals surface area contributed by atoms with Gasteiger partial charge in [-0.1, -0.05) is 19.1 Å². The van der Waals surface area contributed by atoms with Gasteiger partial charge in [-0.05, 0) is 58.6 Å². The molecule has 0 bridgehead atoms. The van der Waals surface area contributed by atoms with Crippen LogP contribution in [0.15, 0.2) is 34.8 Å². The Balaban J connectivity index is 2.40. The average Bonchev–Trinajstić information content (AvgIpc) is 2.66. The summed E-state index contributed by atoms with van der Waals surface area (Å²) >= 11 is 3.42. The molecule has 2 aromatic carbocycles. The number of rotatable bonds is 6. The van der Waals surface area contributed by atoms with Gasteiger partial charge in [-0.3, -0.25) is 5.21 Å². The van der Waals surface area contributed by atoms with E-state index in [9.17, 15) is 18.8 Å². The minimum atomic E-state index is -2.80. The van der Waals surface area contributed by atoms with Gasteiger partial charge >= 0.3 is 6.09 Å². The number of nitrogens with zero attached hydrogens (tertiary/aromatic N) is 1. The smallest absolute Gasteiger partial charge is 0.438 e. The number of hydrogen-bond acceptors (Lipinski definition) is 4. The van der Waals surface area contributed by atoms with Crippen LogP contribution in [0.2, 0.25) is 0 Å². The van der Waals surface area contributed by atoms with Crippen molar-refractivity contribution >= 4 is 27.7 Å². The lowest BCUT2D eigenvalue weighted by Crippen LogP contribution is -2.28. The molecule has 0 saturated carbocycles. The minimum absolute atomic E-state index is 0.00970. The minimum Gasteiger partial charge on any atom is -0.488 e. The summed E-state index contributed by atoms with van der Waals surface area (Å²) in [6.07, 6.45) is -3.05. The number of halogens is 3. The lowest BCUT2D eigenvalue weighted by Gasteiger charge is -2.20. The molecule has 0 radical (unpaired) electrons. The first kappa shape index (κ1) is 21.1. The molecule has 146 valence electrons. The molecular formula is C19H20BrF2NO4. The van der Waals surface area contributed by atoms with Crippen molar-refractivity contribution in [2.24, 2.45) is 0 Å². The fourth-order valence-corrected chi connectivity index (χ4v) is 3.18. The number of alkyl halides is 2. The molecular weight excluding hydrogens is 424 g/mol. The van der Waals surface area contributed by atoms with Crippen molar-refractivity contribution in [1.82, 2.24) is 0 Å². The summed E-state index contributed by atoms with van der Waals surface area (Å²) in [6.45, 7) is 3.69. The summed E-state index contributed by atoms with van der Waals surface area (Å²) < 4.78 is 37.7. The van der Waals surface area contributed by atoms with Gasteiger partial charge in [-0.2, -0.15) is 5.06 Å². The third-order valence-corrected chi connectivity index (χ3v) is 4.76. The number of anilines is 1. The molecule has 0 spiro atoms. The summed E-state index contributed by atoms with van der Waals surface area (Å²) in [5, 5.41) is 10.2. The molecule has 0 unspecified atom stereocenters. The first-order chi connectivity index (χ1) is 12.8. The van der Waals surface area contributed by atoms with E-state index in [1.165, 1.54) is 18.2 Å². The fraction of sp³-hybridized carbons (Fsp3) is 0.316. The van der Waals surface area contributed by atoms with Crippen LogP contribution < -0.4 is 9.80 Å². The van der Waals surface area contributed by atoms with Crippen molar-refractivity contribution in [3.05, 3.63) is 57.1 Å². The quantitative estimate of drug-likeness (QED) is 0.452. The summed E-state index contributed by atoms with van der Waals surface area (Å²) in [6, 6.07) is 7.60. The Morgan fingerprint density at radius 3 is 2.63 bits per heavy atom. The predicted molar refractivity (Wildman–Crippen MR) is 101 cm³/mol. The van der Waals surface area contributed by atoms with E-state index in [-0.39, 0.29) is 28.5 Å². The van der Waals surface area contributed by atoms with Crippen molar-refractivity contribution in [1.29, 1.82) is 0 Å². The molecule has 0 atom stereocenters. The van der Waals surface area contributed by atoms with E-state index in [0.29, 0.717) is 10.2 Å². The Morgan fingerprint density at radius 1 is 1.33 bits per heavy atom. The Morgan fingerprint density at radius 2 is 2.04 bits per heavy atom. The highest BCUT2D eigenvalue weighted by Crippen LogP contribution is 2.34. The number of carbonyl (C=O) groups excluding carboxylic acids is 1. The van der Waals surface area contributed by atoms with Crippen molar-refractivity contribution in [2.45, 2.75) is 33.3 Å². The molecule has 5 nitrogen and oxygen atoms in total. The molecule has 1 N–H and O–H groups in total. The maximum atomic E-state index is 13.4. The molecule has 0 aliphatic heterocycles. The van der Waals surface area contributed by atoms with E-state index in [0.717, 1.165) is 24.7 Å². The van der Waals surface area contributed by atoms with Crippen molar-refractivity contribution in [3.8, 4) is 5.75 Å². The standard InChI is InChI=1S/C19H20BrF2NO4/c1-4-12-9-15(20)17(8-11(12)2)27-10-14-13(18(21)22)6-5-7-16(14)23(25)19(24)26-3/h5-9,18,25H,4,10H2,1-3H3. The third kappa shape index (κ3) is 4.75. The maximum absolute atomic E-state index is 13.4. The Hall–Kier alpha value is -2.19. The topological polar surface area (TPSA) is 59.0 Å². The number of hydrogen-bond donors (Lipinski definition) is 1. The molecule has 8 heteroatoms. The van der Waals surface area contributed by atoms with E-state index in [4.69, 9.17) is 4.74 Å². The van der Waals surface area contributed by atoms with Crippen LogP contribution in [-0.4, -0.2) is 18.4 Å². The SMILES string of the molecule is CCc1cc(Br)c(OCc2c(C(F)F)cccc2N(O)C(=O)OC)cc1C. The van der Waals surface area contributed by atoms with Crippen LogP contribution in [-0.2, 0) is 17.8 Å². The Bertz CT molecular complexity index is 830. The van der Waals surface area contributed by atoms with Crippen LogP contribution in [0.25, 0.3) is 0 Å². The van der Waals surface area contributed by atoms with E-state index in [2.05, 4.69) is 20.7 Å². The van der Waals surface area contributed by atoms with E-state index >= 15 is 0 Å². The number of aryl methyl sites for hydroxylation is 2. The lowest BCUT2D eigenvalue weighted by molar-refractivity contribution is 0.138. The van der Waals surface area contributed by atoms with Gasteiger partial charge in [-0.25, -0.2) is 13.6 Å². The zero-order valence-corrected chi connectivity index (χ0v) is 16.7. The molecule has 2 aromatic rings. The van der Waals surface area contributed by atoms with Gasteiger partial charge in [0.2, 0.25) is 0 Å².